The number of nitrogens with two attached hydrogens (primary N) is 1. The first-order valence-corrected chi connectivity index (χ1v) is 7.25. The molecule has 0 bridgehead atoms. The normalized spacial score (nSPS) is 17.5. The van der Waals surface area contributed by atoms with Gasteiger partial charge in [-0.1, -0.05) is 26.7 Å². The van der Waals surface area contributed by atoms with Gasteiger partial charge < -0.3 is 16.4 Å². The summed E-state index contributed by atoms with van der Waals surface area (Å²) >= 11 is 0. The second-order valence-electron chi connectivity index (χ2n) is 5.95. The first-order chi connectivity index (χ1) is 8.97. The molecule has 0 aliphatic heterocycles. The largest absolute Gasteiger partial charge is 0.348 e. The summed E-state index contributed by atoms with van der Waals surface area (Å²) in [5.41, 5.74) is 5.52. The zero-order chi connectivity index (χ0) is 14.3. The van der Waals surface area contributed by atoms with Crippen molar-refractivity contribution in [1.29, 1.82) is 0 Å². The van der Waals surface area contributed by atoms with E-state index in [0.717, 1.165) is 32.1 Å². The van der Waals surface area contributed by atoms with E-state index in [1.54, 1.807) is 0 Å². The van der Waals surface area contributed by atoms with Crippen LogP contribution < -0.4 is 16.4 Å². The molecule has 1 rings (SSSR count). The van der Waals surface area contributed by atoms with Crippen LogP contribution in [0, 0.1) is 5.92 Å². The average Bonchev–Trinajstić information content (AvgIpc) is 2.83. The Morgan fingerprint density at radius 3 is 2.37 bits per heavy atom. The first kappa shape index (κ1) is 16.0. The van der Waals surface area contributed by atoms with Crippen molar-refractivity contribution in [2.45, 2.75) is 57.9 Å². The first-order valence-electron chi connectivity index (χ1n) is 7.25. The third-order valence-corrected chi connectivity index (χ3v) is 3.75. The molecule has 19 heavy (non-hydrogen) atoms. The van der Waals surface area contributed by atoms with Crippen LogP contribution >= 0.6 is 0 Å². The lowest BCUT2D eigenvalue weighted by Crippen LogP contribution is -2.54. The molecule has 0 radical (unpaired) electrons. The molecule has 110 valence electrons. The number of carbonyl (C=O) groups is 2. The maximum atomic E-state index is 11.8. The third kappa shape index (κ3) is 5.59. The van der Waals surface area contributed by atoms with Crippen LogP contribution in [0.25, 0.3) is 0 Å². The SMILES string of the molecule is CC(C)CCC(=O)NCC(=O)NC1(CN)CCCC1. The molecule has 5 nitrogen and oxygen atoms in total. The lowest BCUT2D eigenvalue weighted by molar-refractivity contribution is -0.127. The van der Waals surface area contributed by atoms with Gasteiger partial charge in [-0.25, -0.2) is 0 Å². The number of nitrogens with one attached hydrogen (secondary N) is 2. The van der Waals surface area contributed by atoms with Gasteiger partial charge in [0.15, 0.2) is 0 Å². The molecule has 4 N–H and O–H groups in total. The van der Waals surface area contributed by atoms with Crippen molar-refractivity contribution in [3.05, 3.63) is 0 Å². The molecule has 0 atom stereocenters. The highest BCUT2D eigenvalue weighted by atomic mass is 16.2. The van der Waals surface area contributed by atoms with E-state index in [9.17, 15) is 9.59 Å². The molecule has 0 aromatic heterocycles. The molecular weight excluding hydrogens is 242 g/mol. The van der Waals surface area contributed by atoms with Crippen molar-refractivity contribution < 1.29 is 9.59 Å². The predicted molar refractivity (Wildman–Crippen MR) is 75.5 cm³/mol. The lowest BCUT2D eigenvalue weighted by Gasteiger charge is -2.28. The Morgan fingerprint density at radius 1 is 1.21 bits per heavy atom. The van der Waals surface area contributed by atoms with Crippen LogP contribution in [0.1, 0.15) is 52.4 Å². The van der Waals surface area contributed by atoms with Gasteiger partial charge in [-0.15, -0.1) is 0 Å². The second kappa shape index (κ2) is 7.48. The molecule has 0 saturated heterocycles. The van der Waals surface area contributed by atoms with E-state index in [-0.39, 0.29) is 23.9 Å². The van der Waals surface area contributed by atoms with Crippen molar-refractivity contribution in [1.82, 2.24) is 10.6 Å². The summed E-state index contributed by atoms with van der Waals surface area (Å²) in [6.45, 7) is 4.68. The van der Waals surface area contributed by atoms with Crippen LogP contribution in [-0.4, -0.2) is 30.4 Å². The average molecular weight is 269 g/mol. The van der Waals surface area contributed by atoms with Crippen LogP contribution in [0.3, 0.4) is 0 Å². The van der Waals surface area contributed by atoms with E-state index in [1.807, 2.05) is 0 Å². The Labute approximate surface area is 115 Å². The Balaban J connectivity index is 2.25. The summed E-state index contributed by atoms with van der Waals surface area (Å²) in [4.78, 5) is 23.3. The van der Waals surface area contributed by atoms with Crippen molar-refractivity contribution in [2.24, 2.45) is 11.7 Å². The smallest absolute Gasteiger partial charge is 0.239 e. The predicted octanol–water partition coefficient (Wildman–Crippen LogP) is 0.927. The molecule has 0 aromatic carbocycles. The zero-order valence-corrected chi connectivity index (χ0v) is 12.1. The van der Waals surface area contributed by atoms with Gasteiger partial charge >= 0.3 is 0 Å². The van der Waals surface area contributed by atoms with Gasteiger partial charge in [-0.2, -0.15) is 0 Å². The molecule has 1 saturated carbocycles. The minimum Gasteiger partial charge on any atom is -0.348 e. The molecule has 1 fully saturated rings. The topological polar surface area (TPSA) is 84.2 Å². The van der Waals surface area contributed by atoms with Gasteiger partial charge in [0.2, 0.25) is 11.8 Å². The van der Waals surface area contributed by atoms with Gasteiger partial charge in [-0.05, 0) is 25.2 Å². The molecular formula is C14H27N3O2. The number of carbonyl (C=O) groups excluding carboxylic acids is 2. The van der Waals surface area contributed by atoms with Crippen LogP contribution in [0.5, 0.6) is 0 Å². The minimum absolute atomic E-state index is 0.0542. The maximum absolute atomic E-state index is 11.8. The summed E-state index contributed by atoms with van der Waals surface area (Å²) in [6.07, 6.45) is 5.43. The highest BCUT2D eigenvalue weighted by Gasteiger charge is 2.33. The van der Waals surface area contributed by atoms with Crippen molar-refractivity contribution in [3.8, 4) is 0 Å². The van der Waals surface area contributed by atoms with Crippen molar-refractivity contribution >= 4 is 11.8 Å². The Hall–Kier alpha value is -1.10. The van der Waals surface area contributed by atoms with Gasteiger partial charge in [0, 0.05) is 13.0 Å². The molecule has 1 aliphatic rings. The number of hydrogen-bond donors (Lipinski definition) is 3. The third-order valence-electron chi connectivity index (χ3n) is 3.75. The molecule has 1 aliphatic carbocycles. The monoisotopic (exact) mass is 269 g/mol. The Bertz CT molecular complexity index is 310. The fourth-order valence-corrected chi connectivity index (χ4v) is 2.46. The van der Waals surface area contributed by atoms with E-state index >= 15 is 0 Å². The second-order valence-corrected chi connectivity index (χ2v) is 5.95. The van der Waals surface area contributed by atoms with Gasteiger partial charge in [0.1, 0.15) is 0 Å². The highest BCUT2D eigenvalue weighted by molar-refractivity contribution is 5.85. The minimum atomic E-state index is -0.236. The highest BCUT2D eigenvalue weighted by Crippen LogP contribution is 2.28. The number of amides is 2. The number of rotatable bonds is 7. The van der Waals surface area contributed by atoms with Gasteiger partial charge in [0.25, 0.3) is 0 Å². The molecule has 0 spiro atoms. The van der Waals surface area contributed by atoms with E-state index in [0.29, 0.717) is 18.9 Å². The van der Waals surface area contributed by atoms with E-state index in [2.05, 4.69) is 24.5 Å². The molecule has 2 amide bonds. The van der Waals surface area contributed by atoms with Gasteiger partial charge in [0.05, 0.1) is 12.1 Å². The molecule has 5 heteroatoms. The lowest BCUT2D eigenvalue weighted by atomic mass is 9.98. The van der Waals surface area contributed by atoms with E-state index in [1.165, 1.54) is 0 Å². The van der Waals surface area contributed by atoms with E-state index in [4.69, 9.17) is 5.73 Å². The van der Waals surface area contributed by atoms with Crippen molar-refractivity contribution in [3.63, 3.8) is 0 Å². The summed E-state index contributed by atoms with van der Waals surface area (Å²) in [5, 5.41) is 5.64. The fourth-order valence-electron chi connectivity index (χ4n) is 2.46. The summed E-state index contributed by atoms with van der Waals surface area (Å²) in [7, 11) is 0. The Kier molecular flexibility index (Phi) is 6.28. The van der Waals surface area contributed by atoms with Crippen LogP contribution in [0.15, 0.2) is 0 Å². The van der Waals surface area contributed by atoms with Crippen LogP contribution in [0.4, 0.5) is 0 Å². The zero-order valence-electron chi connectivity index (χ0n) is 12.1. The van der Waals surface area contributed by atoms with Crippen LogP contribution in [0.2, 0.25) is 0 Å². The molecule has 0 unspecified atom stereocenters. The van der Waals surface area contributed by atoms with Crippen molar-refractivity contribution in [2.75, 3.05) is 13.1 Å². The summed E-state index contributed by atoms with van der Waals surface area (Å²) < 4.78 is 0. The summed E-state index contributed by atoms with van der Waals surface area (Å²) in [5.74, 6) is 0.306. The summed E-state index contributed by atoms with van der Waals surface area (Å²) in [6, 6.07) is 0. The van der Waals surface area contributed by atoms with Crippen LogP contribution in [-0.2, 0) is 9.59 Å². The fraction of sp³-hybridized carbons (Fsp3) is 0.857. The quantitative estimate of drug-likeness (QED) is 0.643. The molecule has 0 aromatic rings. The standard InChI is InChI=1S/C14H27N3O2/c1-11(2)5-6-12(18)16-9-13(19)17-14(10-15)7-3-4-8-14/h11H,3-10,15H2,1-2H3,(H,16,18)(H,17,19). The maximum Gasteiger partial charge on any atom is 0.239 e. The molecule has 0 heterocycles. The van der Waals surface area contributed by atoms with E-state index < -0.39 is 0 Å². The van der Waals surface area contributed by atoms with Gasteiger partial charge in [-0.3, -0.25) is 9.59 Å². The number of hydrogen-bond acceptors (Lipinski definition) is 3. The Morgan fingerprint density at radius 2 is 1.84 bits per heavy atom.